The Balaban J connectivity index is 1.74. The molecule has 0 saturated carbocycles. The molecule has 1 aromatic rings. The number of thiophene rings is 1. The molecule has 1 nitrogen and oxygen atoms in total. The average Bonchev–Trinajstić information content (AvgIpc) is 2.80. The number of thioether (sulfide) groups is 1. The summed E-state index contributed by atoms with van der Waals surface area (Å²) in [6.45, 7) is 0. The normalized spacial score (nSPS) is 23.9. The van der Waals surface area contributed by atoms with E-state index in [-0.39, 0.29) is 0 Å². The summed E-state index contributed by atoms with van der Waals surface area (Å²) in [7, 11) is 0. The standard InChI is InChI=1S/C12H19NS2/c13-11(12-3-1-2-7-15-12)5-4-10-6-8-14-9-10/h6,8-9,11-12H,1-5,7,13H2. The van der Waals surface area contributed by atoms with Gasteiger partial charge >= 0.3 is 0 Å². The minimum absolute atomic E-state index is 0.398. The van der Waals surface area contributed by atoms with Crippen LogP contribution in [0.3, 0.4) is 0 Å². The Hall–Kier alpha value is 0.01000. The first-order chi connectivity index (χ1) is 7.36. The molecule has 0 radical (unpaired) electrons. The smallest absolute Gasteiger partial charge is 0.0199 e. The average molecular weight is 241 g/mol. The highest BCUT2D eigenvalue weighted by molar-refractivity contribution is 8.00. The van der Waals surface area contributed by atoms with Crippen LogP contribution >= 0.6 is 23.1 Å². The van der Waals surface area contributed by atoms with Crippen LogP contribution in [-0.2, 0) is 6.42 Å². The van der Waals surface area contributed by atoms with Gasteiger partial charge in [-0.05, 0) is 53.8 Å². The molecule has 84 valence electrons. The van der Waals surface area contributed by atoms with Crippen molar-refractivity contribution in [2.75, 3.05) is 5.75 Å². The molecule has 1 aliphatic heterocycles. The number of hydrogen-bond donors (Lipinski definition) is 1. The maximum atomic E-state index is 6.25. The van der Waals surface area contributed by atoms with Crippen LogP contribution in [0.1, 0.15) is 31.2 Å². The van der Waals surface area contributed by atoms with Crippen LogP contribution in [0.4, 0.5) is 0 Å². The lowest BCUT2D eigenvalue weighted by atomic mass is 10.0. The molecule has 0 bridgehead atoms. The van der Waals surface area contributed by atoms with Gasteiger partial charge in [0.15, 0.2) is 0 Å². The summed E-state index contributed by atoms with van der Waals surface area (Å²) in [4.78, 5) is 0. The van der Waals surface area contributed by atoms with Crippen LogP contribution in [0, 0.1) is 0 Å². The Morgan fingerprint density at radius 2 is 2.40 bits per heavy atom. The molecule has 2 rings (SSSR count). The Bertz CT molecular complexity index is 265. The number of hydrogen-bond acceptors (Lipinski definition) is 3. The third-order valence-corrected chi connectivity index (χ3v) is 5.31. The molecular weight excluding hydrogens is 222 g/mol. The largest absolute Gasteiger partial charge is 0.327 e. The molecule has 2 atom stereocenters. The zero-order valence-corrected chi connectivity index (χ0v) is 10.7. The van der Waals surface area contributed by atoms with Gasteiger partial charge in [-0.3, -0.25) is 0 Å². The Labute approximate surface area is 100 Å². The number of aryl methyl sites for hydroxylation is 1. The van der Waals surface area contributed by atoms with Gasteiger partial charge in [-0.2, -0.15) is 23.1 Å². The Morgan fingerprint density at radius 3 is 3.07 bits per heavy atom. The lowest BCUT2D eigenvalue weighted by Gasteiger charge is -2.26. The van der Waals surface area contributed by atoms with Gasteiger partial charge in [0.1, 0.15) is 0 Å². The lowest BCUT2D eigenvalue weighted by Crippen LogP contribution is -2.34. The summed E-state index contributed by atoms with van der Waals surface area (Å²) in [6, 6.07) is 2.61. The van der Waals surface area contributed by atoms with Crippen molar-refractivity contribution in [3.8, 4) is 0 Å². The van der Waals surface area contributed by atoms with Crippen molar-refractivity contribution in [1.82, 2.24) is 0 Å². The van der Waals surface area contributed by atoms with Crippen LogP contribution in [0.5, 0.6) is 0 Å². The highest BCUT2D eigenvalue weighted by atomic mass is 32.2. The van der Waals surface area contributed by atoms with Crippen LogP contribution < -0.4 is 5.73 Å². The molecular formula is C12H19NS2. The first kappa shape index (κ1) is 11.5. The van der Waals surface area contributed by atoms with Gasteiger partial charge in [0.25, 0.3) is 0 Å². The third kappa shape index (κ3) is 3.51. The molecule has 0 aliphatic carbocycles. The van der Waals surface area contributed by atoms with Gasteiger partial charge in [0.2, 0.25) is 0 Å². The minimum Gasteiger partial charge on any atom is -0.327 e. The second kappa shape index (κ2) is 5.92. The van der Waals surface area contributed by atoms with Crippen molar-refractivity contribution >= 4 is 23.1 Å². The SMILES string of the molecule is NC(CCc1ccsc1)C1CCCCS1. The second-order valence-electron chi connectivity index (χ2n) is 4.24. The Kier molecular flexibility index (Phi) is 4.54. The lowest BCUT2D eigenvalue weighted by molar-refractivity contribution is 0.533. The van der Waals surface area contributed by atoms with Crippen molar-refractivity contribution < 1.29 is 0 Å². The van der Waals surface area contributed by atoms with Crippen molar-refractivity contribution in [2.24, 2.45) is 5.73 Å². The summed E-state index contributed by atoms with van der Waals surface area (Å²) >= 11 is 3.87. The molecule has 2 heterocycles. The van der Waals surface area contributed by atoms with E-state index in [0.717, 1.165) is 18.1 Å². The fraction of sp³-hybridized carbons (Fsp3) is 0.667. The van der Waals surface area contributed by atoms with Crippen molar-refractivity contribution in [1.29, 1.82) is 0 Å². The van der Waals surface area contributed by atoms with Gasteiger partial charge in [-0.25, -0.2) is 0 Å². The monoisotopic (exact) mass is 241 g/mol. The second-order valence-corrected chi connectivity index (χ2v) is 6.37. The predicted molar refractivity (Wildman–Crippen MR) is 70.7 cm³/mol. The van der Waals surface area contributed by atoms with Gasteiger partial charge in [-0.1, -0.05) is 6.42 Å². The van der Waals surface area contributed by atoms with E-state index in [4.69, 9.17) is 5.73 Å². The molecule has 0 amide bonds. The molecule has 0 aromatic carbocycles. The van der Waals surface area contributed by atoms with Crippen LogP contribution in [0.25, 0.3) is 0 Å². The van der Waals surface area contributed by atoms with Gasteiger partial charge in [0, 0.05) is 11.3 Å². The topological polar surface area (TPSA) is 26.0 Å². The first-order valence-electron chi connectivity index (χ1n) is 5.74. The molecule has 1 fully saturated rings. The maximum absolute atomic E-state index is 6.25. The number of rotatable bonds is 4. The molecule has 3 heteroatoms. The molecule has 1 saturated heterocycles. The molecule has 1 aliphatic rings. The molecule has 2 unspecified atom stereocenters. The fourth-order valence-electron chi connectivity index (χ4n) is 2.06. The van der Waals surface area contributed by atoms with Crippen molar-refractivity contribution in [3.63, 3.8) is 0 Å². The summed E-state index contributed by atoms with van der Waals surface area (Å²) in [5.41, 5.74) is 7.70. The maximum Gasteiger partial charge on any atom is 0.0199 e. The predicted octanol–water partition coefficient (Wildman–Crippen LogP) is 3.29. The molecule has 1 aromatic heterocycles. The minimum atomic E-state index is 0.398. The van der Waals surface area contributed by atoms with Crippen LogP contribution in [0.15, 0.2) is 16.8 Å². The van der Waals surface area contributed by atoms with Gasteiger partial charge < -0.3 is 5.73 Å². The van der Waals surface area contributed by atoms with E-state index in [2.05, 4.69) is 28.6 Å². The fourth-order valence-corrected chi connectivity index (χ4v) is 4.15. The quantitative estimate of drug-likeness (QED) is 0.875. The third-order valence-electron chi connectivity index (χ3n) is 3.04. The van der Waals surface area contributed by atoms with E-state index < -0.39 is 0 Å². The van der Waals surface area contributed by atoms with E-state index in [9.17, 15) is 0 Å². The van der Waals surface area contributed by atoms with E-state index in [1.807, 2.05) is 0 Å². The zero-order valence-electron chi connectivity index (χ0n) is 9.02. The van der Waals surface area contributed by atoms with E-state index in [1.165, 1.54) is 30.6 Å². The summed E-state index contributed by atoms with van der Waals surface area (Å²) in [5, 5.41) is 5.11. The molecule has 15 heavy (non-hydrogen) atoms. The van der Waals surface area contributed by atoms with Crippen LogP contribution in [-0.4, -0.2) is 17.0 Å². The van der Waals surface area contributed by atoms with Crippen molar-refractivity contribution in [2.45, 2.75) is 43.4 Å². The van der Waals surface area contributed by atoms with E-state index in [1.54, 1.807) is 11.3 Å². The van der Waals surface area contributed by atoms with Gasteiger partial charge in [-0.15, -0.1) is 0 Å². The molecule has 0 spiro atoms. The molecule has 2 N–H and O–H groups in total. The van der Waals surface area contributed by atoms with E-state index in [0.29, 0.717) is 6.04 Å². The van der Waals surface area contributed by atoms with Crippen molar-refractivity contribution in [3.05, 3.63) is 22.4 Å². The summed E-state index contributed by atoms with van der Waals surface area (Å²) < 4.78 is 0. The number of nitrogens with two attached hydrogens (primary N) is 1. The Morgan fingerprint density at radius 1 is 1.47 bits per heavy atom. The van der Waals surface area contributed by atoms with Gasteiger partial charge in [0.05, 0.1) is 0 Å². The highest BCUT2D eigenvalue weighted by Crippen LogP contribution is 2.28. The highest BCUT2D eigenvalue weighted by Gasteiger charge is 2.20. The van der Waals surface area contributed by atoms with Crippen LogP contribution in [0.2, 0.25) is 0 Å². The van der Waals surface area contributed by atoms with E-state index >= 15 is 0 Å². The summed E-state index contributed by atoms with van der Waals surface area (Å²) in [5.74, 6) is 1.32. The first-order valence-corrected chi connectivity index (χ1v) is 7.73. The zero-order chi connectivity index (χ0) is 10.5. The summed E-state index contributed by atoms with van der Waals surface area (Å²) in [6.07, 6.45) is 6.40.